The number of amides is 1. The predicted octanol–water partition coefficient (Wildman–Crippen LogP) is 3.62. The highest BCUT2D eigenvalue weighted by atomic mass is 79.9. The van der Waals surface area contributed by atoms with E-state index in [4.69, 9.17) is 0 Å². The lowest BCUT2D eigenvalue weighted by atomic mass is 10.2. The van der Waals surface area contributed by atoms with Crippen molar-refractivity contribution in [3.63, 3.8) is 0 Å². The zero-order chi connectivity index (χ0) is 21.1. The number of hydrogen-bond donors (Lipinski definition) is 0. The lowest BCUT2D eigenvalue weighted by Gasteiger charge is -2.34. The number of carbonyl (C=O) groups excluding carboxylic acids is 1. The average molecular weight is 490 g/mol. The van der Waals surface area contributed by atoms with Crippen LogP contribution in [0.5, 0.6) is 0 Å². The summed E-state index contributed by atoms with van der Waals surface area (Å²) in [5.41, 5.74) is 2.17. The van der Waals surface area contributed by atoms with Crippen LogP contribution in [0.3, 0.4) is 0 Å². The maximum Gasteiger partial charge on any atom is 0.389 e. The largest absolute Gasteiger partial charge is 0.389 e. The van der Waals surface area contributed by atoms with Crippen LogP contribution in [0.2, 0.25) is 0 Å². The molecule has 0 aliphatic carbocycles. The van der Waals surface area contributed by atoms with Crippen LogP contribution in [-0.4, -0.2) is 56.6 Å². The van der Waals surface area contributed by atoms with Crippen LogP contribution in [-0.2, 0) is 13.1 Å². The van der Waals surface area contributed by atoms with E-state index < -0.39 is 4.92 Å². The smallest absolute Gasteiger partial charge is 0.358 e. The Balaban J connectivity index is 1.31. The van der Waals surface area contributed by atoms with E-state index in [1.807, 2.05) is 28.5 Å². The molecule has 0 spiro atoms. The number of benzene rings is 1. The average Bonchev–Trinajstić information content (AvgIpc) is 3.38. The number of carbonyl (C=O) groups is 1. The topological polar surface area (TPSA) is 84.5 Å². The quantitative estimate of drug-likeness (QED) is 0.389. The Hall–Kier alpha value is -2.56. The van der Waals surface area contributed by atoms with Crippen LogP contribution in [0.1, 0.15) is 20.8 Å². The van der Waals surface area contributed by atoms with Gasteiger partial charge in [0.25, 0.3) is 5.91 Å². The molecule has 0 saturated carbocycles. The number of thiophene rings is 1. The van der Waals surface area contributed by atoms with Crippen molar-refractivity contribution in [1.29, 1.82) is 0 Å². The summed E-state index contributed by atoms with van der Waals surface area (Å²) in [5.74, 6) is -0.137. The monoisotopic (exact) mass is 489 g/mol. The molecule has 8 nitrogen and oxygen atoms in total. The fraction of sp³-hybridized carbons (Fsp3) is 0.300. The molecule has 30 heavy (non-hydrogen) atoms. The summed E-state index contributed by atoms with van der Waals surface area (Å²) in [6, 6.07) is 11.5. The van der Waals surface area contributed by atoms with Crippen LogP contribution < -0.4 is 0 Å². The molecule has 1 aliphatic heterocycles. The number of aromatic nitrogens is 2. The molecule has 1 fully saturated rings. The summed E-state index contributed by atoms with van der Waals surface area (Å²) in [4.78, 5) is 28.0. The van der Waals surface area contributed by atoms with E-state index in [1.54, 1.807) is 6.20 Å². The van der Waals surface area contributed by atoms with Gasteiger partial charge in [0, 0.05) is 37.2 Å². The minimum atomic E-state index is -0.519. The zero-order valence-electron chi connectivity index (χ0n) is 16.1. The van der Waals surface area contributed by atoms with Crippen LogP contribution in [0, 0.1) is 10.1 Å². The molecule has 3 aromatic rings. The lowest BCUT2D eigenvalue weighted by Crippen LogP contribution is -2.48. The summed E-state index contributed by atoms with van der Waals surface area (Å²) >= 11 is 4.91. The number of piperazine rings is 1. The third-order valence-electron chi connectivity index (χ3n) is 4.98. The Morgan fingerprint density at radius 2 is 1.93 bits per heavy atom. The van der Waals surface area contributed by atoms with E-state index in [2.05, 4.69) is 38.1 Å². The standard InChI is InChI=1S/C20H20BrN5O3S/c21-17-3-1-2-15(10-17)12-23-6-8-24(9-7-23)20(27)18-11-16(14-30-18)13-25-5-4-19(22-25)26(28)29/h1-5,10-11,14H,6-9,12-13H2. The predicted molar refractivity (Wildman–Crippen MR) is 118 cm³/mol. The molecule has 0 atom stereocenters. The molecular weight excluding hydrogens is 470 g/mol. The van der Waals surface area contributed by atoms with Gasteiger partial charge in [0.1, 0.15) is 0 Å². The van der Waals surface area contributed by atoms with Gasteiger partial charge in [-0.25, -0.2) is 0 Å². The lowest BCUT2D eigenvalue weighted by molar-refractivity contribution is -0.389. The second-order valence-corrected chi connectivity index (χ2v) is 8.97. The van der Waals surface area contributed by atoms with Crippen molar-refractivity contribution in [2.45, 2.75) is 13.1 Å². The van der Waals surface area contributed by atoms with E-state index in [9.17, 15) is 14.9 Å². The maximum absolute atomic E-state index is 12.9. The Morgan fingerprint density at radius 1 is 1.13 bits per heavy atom. The van der Waals surface area contributed by atoms with Crippen molar-refractivity contribution in [3.8, 4) is 0 Å². The van der Waals surface area contributed by atoms with Gasteiger partial charge in [-0.15, -0.1) is 11.3 Å². The second-order valence-electron chi connectivity index (χ2n) is 7.15. The molecule has 0 radical (unpaired) electrons. The molecule has 2 aromatic heterocycles. The molecule has 10 heteroatoms. The van der Waals surface area contributed by atoms with Gasteiger partial charge in [-0.05, 0) is 39.6 Å². The van der Waals surface area contributed by atoms with Crippen LogP contribution in [0.25, 0.3) is 0 Å². The van der Waals surface area contributed by atoms with Gasteiger partial charge < -0.3 is 15.0 Å². The summed E-state index contributed by atoms with van der Waals surface area (Å²) in [5, 5.41) is 16.6. The van der Waals surface area contributed by atoms with Crippen molar-refractivity contribution >= 4 is 39.0 Å². The fourth-order valence-electron chi connectivity index (χ4n) is 3.45. The maximum atomic E-state index is 12.9. The zero-order valence-corrected chi connectivity index (χ0v) is 18.5. The number of halogens is 1. The Bertz CT molecular complexity index is 1060. The van der Waals surface area contributed by atoms with Crippen molar-refractivity contribution < 1.29 is 9.72 Å². The molecule has 4 rings (SSSR count). The SMILES string of the molecule is O=C(c1cc(Cn2ccc([N+](=O)[O-])n2)cs1)N1CCN(Cc2cccc(Br)c2)CC1. The first-order valence-corrected chi connectivity index (χ1v) is 11.2. The van der Waals surface area contributed by atoms with Gasteiger partial charge in [-0.2, -0.15) is 4.68 Å². The second kappa shape index (κ2) is 9.07. The Kier molecular flexibility index (Phi) is 6.26. The van der Waals surface area contributed by atoms with Gasteiger partial charge >= 0.3 is 5.82 Å². The number of nitrogens with zero attached hydrogens (tertiary/aromatic N) is 5. The first-order valence-electron chi connectivity index (χ1n) is 9.49. The summed E-state index contributed by atoms with van der Waals surface area (Å²) in [6.07, 6.45) is 1.57. The van der Waals surface area contributed by atoms with Crippen LogP contribution in [0.4, 0.5) is 5.82 Å². The molecule has 3 heterocycles. The Labute approximate surface area is 186 Å². The van der Waals surface area contributed by atoms with Crippen LogP contribution in [0.15, 0.2) is 52.4 Å². The van der Waals surface area contributed by atoms with Gasteiger partial charge in [-0.1, -0.05) is 28.1 Å². The number of rotatable bonds is 6. The van der Waals surface area contributed by atoms with E-state index in [1.165, 1.54) is 27.6 Å². The Morgan fingerprint density at radius 3 is 2.63 bits per heavy atom. The highest BCUT2D eigenvalue weighted by Crippen LogP contribution is 2.20. The molecule has 0 bridgehead atoms. The molecule has 1 aliphatic rings. The van der Waals surface area contributed by atoms with Gasteiger partial charge in [0.2, 0.25) is 0 Å². The summed E-state index contributed by atoms with van der Waals surface area (Å²) in [7, 11) is 0. The summed E-state index contributed by atoms with van der Waals surface area (Å²) < 4.78 is 2.59. The van der Waals surface area contributed by atoms with E-state index in [-0.39, 0.29) is 11.7 Å². The summed E-state index contributed by atoms with van der Waals surface area (Å²) in [6.45, 7) is 4.36. The highest BCUT2D eigenvalue weighted by Gasteiger charge is 2.23. The van der Waals surface area contributed by atoms with E-state index in [0.717, 1.165) is 29.7 Å². The minimum Gasteiger partial charge on any atom is -0.358 e. The number of nitro groups is 1. The van der Waals surface area contributed by atoms with Crippen molar-refractivity contribution in [2.24, 2.45) is 0 Å². The first kappa shape index (κ1) is 20.7. The molecular formula is C20H20BrN5O3S. The van der Waals surface area contributed by atoms with E-state index >= 15 is 0 Å². The van der Waals surface area contributed by atoms with Crippen LogP contribution >= 0.6 is 27.3 Å². The van der Waals surface area contributed by atoms with E-state index in [0.29, 0.717) is 24.5 Å². The first-order chi connectivity index (χ1) is 14.5. The molecule has 0 N–H and O–H groups in total. The van der Waals surface area contributed by atoms with Gasteiger partial charge in [0.15, 0.2) is 0 Å². The molecule has 1 aromatic carbocycles. The minimum absolute atomic E-state index is 0.0415. The molecule has 156 valence electrons. The molecule has 1 saturated heterocycles. The highest BCUT2D eigenvalue weighted by molar-refractivity contribution is 9.10. The molecule has 1 amide bonds. The normalized spacial score (nSPS) is 14.8. The van der Waals surface area contributed by atoms with Crippen molar-refractivity contribution in [2.75, 3.05) is 26.2 Å². The third-order valence-corrected chi connectivity index (χ3v) is 6.44. The van der Waals surface area contributed by atoms with Gasteiger partial charge in [-0.3, -0.25) is 9.69 Å². The van der Waals surface area contributed by atoms with Crippen molar-refractivity contribution in [1.82, 2.24) is 19.6 Å². The van der Waals surface area contributed by atoms with Gasteiger partial charge in [0.05, 0.1) is 28.8 Å². The third kappa shape index (κ3) is 4.94. The molecule has 0 unspecified atom stereocenters. The number of hydrogen-bond acceptors (Lipinski definition) is 6. The fourth-order valence-corrected chi connectivity index (χ4v) is 4.77. The van der Waals surface area contributed by atoms with Crippen molar-refractivity contribution in [3.05, 3.63) is 78.6 Å².